The molecule has 0 unspecified atom stereocenters. The van der Waals surface area contributed by atoms with Gasteiger partial charge in [0.2, 0.25) is 0 Å². The molecule has 1 fully saturated rings. The Labute approximate surface area is 115 Å². The normalized spacial score (nSPS) is 15.8. The van der Waals surface area contributed by atoms with E-state index in [0.29, 0.717) is 17.8 Å². The number of anilines is 2. The summed E-state index contributed by atoms with van der Waals surface area (Å²) in [7, 11) is 3.78. The Morgan fingerprint density at radius 2 is 1.95 bits per heavy atom. The Bertz CT molecular complexity index is 451. The van der Waals surface area contributed by atoms with E-state index in [2.05, 4.69) is 4.90 Å². The van der Waals surface area contributed by atoms with Crippen LogP contribution in [0, 0.1) is 0 Å². The van der Waals surface area contributed by atoms with Crippen molar-refractivity contribution in [1.82, 2.24) is 4.90 Å². The third kappa shape index (κ3) is 3.47. The van der Waals surface area contributed by atoms with Gasteiger partial charge in [-0.15, -0.1) is 0 Å². The lowest BCUT2D eigenvalue weighted by atomic mass is 10.1. The van der Waals surface area contributed by atoms with Crippen molar-refractivity contribution in [2.75, 3.05) is 44.4 Å². The lowest BCUT2D eigenvalue weighted by Gasteiger charge is -2.30. The molecule has 0 atom stereocenters. The van der Waals surface area contributed by atoms with Crippen molar-refractivity contribution in [3.05, 3.63) is 23.8 Å². The molecule has 1 aromatic rings. The Morgan fingerprint density at radius 1 is 1.26 bits per heavy atom. The van der Waals surface area contributed by atoms with Crippen molar-refractivity contribution < 1.29 is 4.79 Å². The minimum Gasteiger partial charge on any atom is -0.397 e. The molecule has 0 aromatic heterocycles. The van der Waals surface area contributed by atoms with Crippen LogP contribution in [0.15, 0.2) is 18.2 Å². The van der Waals surface area contributed by atoms with Gasteiger partial charge < -0.3 is 15.5 Å². The van der Waals surface area contributed by atoms with Crippen LogP contribution >= 0.6 is 0 Å². The average Bonchev–Trinajstić information content (AvgIpc) is 2.38. The van der Waals surface area contributed by atoms with Crippen LogP contribution in [-0.4, -0.2) is 44.4 Å². The third-order valence-electron chi connectivity index (χ3n) is 3.51. The summed E-state index contributed by atoms with van der Waals surface area (Å²) in [6.45, 7) is 2.55. The highest BCUT2D eigenvalue weighted by atomic mass is 16.1. The summed E-state index contributed by atoms with van der Waals surface area (Å²) in [6, 6.07) is 5.70. The molecule has 1 heterocycles. The summed E-state index contributed by atoms with van der Waals surface area (Å²) in [5.74, 6) is 0.113. The number of likely N-dealkylation sites (N-methyl/N-ethyl adjacent to an activating group) is 1. The molecule has 4 nitrogen and oxygen atoms in total. The van der Waals surface area contributed by atoms with E-state index in [-0.39, 0.29) is 5.78 Å². The van der Waals surface area contributed by atoms with Gasteiger partial charge in [-0.1, -0.05) is 0 Å². The maximum atomic E-state index is 12.0. The van der Waals surface area contributed by atoms with Crippen LogP contribution in [-0.2, 0) is 0 Å². The molecule has 1 saturated heterocycles. The molecule has 104 valence electrons. The molecule has 0 bridgehead atoms. The largest absolute Gasteiger partial charge is 0.397 e. The van der Waals surface area contributed by atoms with Crippen LogP contribution < -0.4 is 10.6 Å². The van der Waals surface area contributed by atoms with Crippen molar-refractivity contribution in [3.63, 3.8) is 0 Å². The topological polar surface area (TPSA) is 49.6 Å². The van der Waals surface area contributed by atoms with Gasteiger partial charge in [0, 0.05) is 18.7 Å². The SMILES string of the molecule is CN(C)CC(=O)c1ccc(N2CCCCC2)c(N)c1. The van der Waals surface area contributed by atoms with E-state index in [0.717, 1.165) is 18.8 Å². The van der Waals surface area contributed by atoms with E-state index in [9.17, 15) is 4.79 Å². The van der Waals surface area contributed by atoms with Gasteiger partial charge in [0.05, 0.1) is 17.9 Å². The molecule has 0 spiro atoms. The van der Waals surface area contributed by atoms with E-state index in [4.69, 9.17) is 5.73 Å². The predicted molar refractivity (Wildman–Crippen MR) is 79.8 cm³/mol. The zero-order valence-corrected chi connectivity index (χ0v) is 11.9. The van der Waals surface area contributed by atoms with Gasteiger partial charge >= 0.3 is 0 Å². The standard InChI is InChI=1S/C15H23N3O/c1-17(2)11-15(19)12-6-7-14(13(16)10-12)18-8-4-3-5-9-18/h6-7,10H,3-5,8-9,11,16H2,1-2H3. The second-order valence-corrected chi connectivity index (χ2v) is 5.48. The lowest BCUT2D eigenvalue weighted by Crippen LogP contribution is -2.30. The number of benzene rings is 1. The molecule has 1 aromatic carbocycles. The summed E-state index contributed by atoms with van der Waals surface area (Å²) in [6.07, 6.45) is 3.75. The fourth-order valence-electron chi connectivity index (χ4n) is 2.53. The Hall–Kier alpha value is -1.55. The number of ketones is 1. The number of carbonyl (C=O) groups is 1. The van der Waals surface area contributed by atoms with Crippen LogP contribution in [0.2, 0.25) is 0 Å². The zero-order chi connectivity index (χ0) is 13.8. The number of rotatable bonds is 4. The fraction of sp³-hybridized carbons (Fsp3) is 0.533. The van der Waals surface area contributed by atoms with Crippen molar-refractivity contribution in [3.8, 4) is 0 Å². The monoisotopic (exact) mass is 261 g/mol. The number of nitrogen functional groups attached to an aromatic ring is 1. The highest BCUT2D eigenvalue weighted by Gasteiger charge is 2.15. The van der Waals surface area contributed by atoms with Gasteiger partial charge in [0.1, 0.15) is 0 Å². The summed E-state index contributed by atoms with van der Waals surface area (Å²) in [5, 5.41) is 0. The molecule has 1 aliphatic rings. The Balaban J connectivity index is 2.14. The summed E-state index contributed by atoms with van der Waals surface area (Å²) < 4.78 is 0. The smallest absolute Gasteiger partial charge is 0.176 e. The number of hydrogen-bond acceptors (Lipinski definition) is 4. The molecule has 1 aliphatic heterocycles. The predicted octanol–water partition coefficient (Wildman–Crippen LogP) is 2.00. The van der Waals surface area contributed by atoms with Crippen LogP contribution in [0.5, 0.6) is 0 Å². The van der Waals surface area contributed by atoms with Crippen LogP contribution in [0.1, 0.15) is 29.6 Å². The Morgan fingerprint density at radius 3 is 2.53 bits per heavy atom. The fourth-order valence-corrected chi connectivity index (χ4v) is 2.53. The molecule has 0 aliphatic carbocycles. The van der Waals surface area contributed by atoms with Crippen LogP contribution in [0.25, 0.3) is 0 Å². The molecule has 19 heavy (non-hydrogen) atoms. The second-order valence-electron chi connectivity index (χ2n) is 5.48. The van der Waals surface area contributed by atoms with Gasteiger partial charge in [-0.05, 0) is 51.6 Å². The first-order chi connectivity index (χ1) is 9.08. The minimum atomic E-state index is 0.113. The number of nitrogens with zero attached hydrogens (tertiary/aromatic N) is 2. The average molecular weight is 261 g/mol. The zero-order valence-electron chi connectivity index (χ0n) is 11.9. The second kappa shape index (κ2) is 6.06. The number of carbonyl (C=O) groups excluding carboxylic acids is 1. The maximum absolute atomic E-state index is 12.0. The van der Waals surface area contributed by atoms with Gasteiger partial charge in [0.15, 0.2) is 5.78 Å². The minimum absolute atomic E-state index is 0.113. The molecular weight excluding hydrogens is 238 g/mol. The first kappa shape index (κ1) is 13.9. The van der Waals surface area contributed by atoms with Gasteiger partial charge in [-0.3, -0.25) is 4.79 Å². The van der Waals surface area contributed by atoms with Crippen LogP contribution in [0.4, 0.5) is 11.4 Å². The van der Waals surface area contributed by atoms with E-state index >= 15 is 0 Å². The number of hydrogen-bond donors (Lipinski definition) is 1. The van der Waals surface area contributed by atoms with E-state index in [1.54, 1.807) is 0 Å². The molecule has 2 N–H and O–H groups in total. The van der Waals surface area contributed by atoms with Crippen molar-refractivity contribution >= 4 is 17.2 Å². The molecular formula is C15H23N3O. The van der Waals surface area contributed by atoms with Gasteiger partial charge in [-0.25, -0.2) is 0 Å². The number of piperidine rings is 1. The lowest BCUT2D eigenvalue weighted by molar-refractivity contribution is 0.0958. The van der Waals surface area contributed by atoms with E-state index < -0.39 is 0 Å². The van der Waals surface area contributed by atoms with Gasteiger partial charge in [-0.2, -0.15) is 0 Å². The van der Waals surface area contributed by atoms with E-state index in [1.165, 1.54) is 19.3 Å². The maximum Gasteiger partial charge on any atom is 0.176 e. The van der Waals surface area contributed by atoms with Crippen molar-refractivity contribution in [1.29, 1.82) is 0 Å². The molecule has 2 rings (SSSR count). The van der Waals surface area contributed by atoms with Crippen molar-refractivity contribution in [2.45, 2.75) is 19.3 Å². The molecule has 0 radical (unpaired) electrons. The number of nitrogens with two attached hydrogens (primary N) is 1. The first-order valence-corrected chi connectivity index (χ1v) is 6.90. The highest BCUT2D eigenvalue weighted by Crippen LogP contribution is 2.27. The Kier molecular flexibility index (Phi) is 4.43. The quantitative estimate of drug-likeness (QED) is 0.665. The third-order valence-corrected chi connectivity index (χ3v) is 3.51. The summed E-state index contributed by atoms with van der Waals surface area (Å²) in [5.41, 5.74) is 8.60. The summed E-state index contributed by atoms with van der Waals surface area (Å²) in [4.78, 5) is 16.2. The van der Waals surface area contributed by atoms with E-state index in [1.807, 2.05) is 37.2 Å². The highest BCUT2D eigenvalue weighted by molar-refractivity contribution is 5.99. The molecule has 0 amide bonds. The van der Waals surface area contributed by atoms with Gasteiger partial charge in [0.25, 0.3) is 0 Å². The first-order valence-electron chi connectivity index (χ1n) is 6.90. The molecule has 4 heteroatoms. The number of Topliss-reactive ketones (excluding diaryl/α,β-unsaturated/α-hetero) is 1. The van der Waals surface area contributed by atoms with Crippen LogP contribution in [0.3, 0.4) is 0 Å². The van der Waals surface area contributed by atoms with Crippen molar-refractivity contribution in [2.24, 2.45) is 0 Å². The molecule has 0 saturated carbocycles. The summed E-state index contributed by atoms with van der Waals surface area (Å²) >= 11 is 0.